The van der Waals surface area contributed by atoms with Crippen molar-refractivity contribution >= 4 is 5.78 Å². The van der Waals surface area contributed by atoms with Gasteiger partial charge in [0, 0.05) is 18.8 Å². The van der Waals surface area contributed by atoms with Gasteiger partial charge in [-0.1, -0.05) is 12.1 Å². The van der Waals surface area contributed by atoms with Gasteiger partial charge in [0.25, 0.3) is 0 Å². The first-order valence-corrected chi connectivity index (χ1v) is 5.92. The Balaban J connectivity index is 2.20. The molecule has 0 amide bonds. The van der Waals surface area contributed by atoms with Crippen LogP contribution in [-0.2, 0) is 10.9 Å². The van der Waals surface area contributed by atoms with Gasteiger partial charge in [-0.15, -0.1) is 0 Å². The lowest BCUT2D eigenvalue weighted by atomic mass is 9.83. The Hall–Kier alpha value is -1.40. The van der Waals surface area contributed by atoms with Gasteiger partial charge in [-0.25, -0.2) is 0 Å². The molecule has 0 bridgehead atoms. The molecular weight excluding hydrogens is 259 g/mol. The number of hydrogen-bond donors (Lipinski definition) is 1. The normalized spacial score (nSPS) is 19.2. The molecule has 6 heteroatoms. The van der Waals surface area contributed by atoms with Crippen molar-refractivity contribution in [2.24, 2.45) is 5.73 Å². The Morgan fingerprint density at radius 2 is 1.68 bits per heavy atom. The highest BCUT2D eigenvalue weighted by molar-refractivity contribution is 6.03. The molecule has 0 aliphatic carbocycles. The van der Waals surface area contributed by atoms with Crippen LogP contribution < -0.4 is 5.73 Å². The first kappa shape index (κ1) is 14.0. The van der Waals surface area contributed by atoms with Crippen LogP contribution in [0.5, 0.6) is 0 Å². The van der Waals surface area contributed by atoms with E-state index in [0.717, 1.165) is 12.1 Å². The maximum Gasteiger partial charge on any atom is 0.416 e. The van der Waals surface area contributed by atoms with Crippen molar-refractivity contribution in [1.82, 2.24) is 0 Å². The second-order valence-corrected chi connectivity index (χ2v) is 4.67. The van der Waals surface area contributed by atoms with Crippen LogP contribution in [0, 0.1) is 0 Å². The number of nitrogens with two attached hydrogens (primary N) is 1. The number of alkyl halides is 3. The number of carbonyl (C=O) groups excluding carboxylic acids is 1. The molecule has 19 heavy (non-hydrogen) atoms. The summed E-state index contributed by atoms with van der Waals surface area (Å²) in [4.78, 5) is 12.2. The summed E-state index contributed by atoms with van der Waals surface area (Å²) in [5.74, 6) is -0.329. The molecule has 1 aromatic rings. The first-order valence-electron chi connectivity index (χ1n) is 5.92. The van der Waals surface area contributed by atoms with Crippen LogP contribution in [0.2, 0.25) is 0 Å². The molecule has 2 rings (SSSR count). The van der Waals surface area contributed by atoms with Crippen molar-refractivity contribution < 1.29 is 22.7 Å². The summed E-state index contributed by atoms with van der Waals surface area (Å²) >= 11 is 0. The summed E-state index contributed by atoms with van der Waals surface area (Å²) in [7, 11) is 0. The standard InChI is InChI=1S/C13H14F3NO2/c14-13(15,16)10-3-1-9(2-4-10)11(18)12(17)5-7-19-8-6-12/h1-4H,5-8,17H2. The molecule has 0 atom stereocenters. The SMILES string of the molecule is NC1(C(=O)c2ccc(C(F)(F)F)cc2)CCOCC1. The van der Waals surface area contributed by atoms with Crippen LogP contribution in [0.25, 0.3) is 0 Å². The maximum atomic E-state index is 12.4. The van der Waals surface area contributed by atoms with Crippen molar-refractivity contribution in [2.75, 3.05) is 13.2 Å². The molecule has 0 saturated carbocycles. The van der Waals surface area contributed by atoms with E-state index in [1.54, 1.807) is 0 Å². The van der Waals surface area contributed by atoms with E-state index in [1.807, 2.05) is 0 Å². The van der Waals surface area contributed by atoms with Gasteiger partial charge in [0.2, 0.25) is 0 Å². The fraction of sp³-hybridized carbons (Fsp3) is 0.462. The van der Waals surface area contributed by atoms with Crippen LogP contribution in [0.3, 0.4) is 0 Å². The van der Waals surface area contributed by atoms with Crippen LogP contribution in [0.4, 0.5) is 13.2 Å². The zero-order valence-corrected chi connectivity index (χ0v) is 10.2. The van der Waals surface area contributed by atoms with Gasteiger partial charge in [0.05, 0.1) is 11.1 Å². The fourth-order valence-corrected chi connectivity index (χ4v) is 2.06. The van der Waals surface area contributed by atoms with Gasteiger partial charge >= 0.3 is 6.18 Å². The predicted molar refractivity (Wildman–Crippen MR) is 62.7 cm³/mol. The minimum Gasteiger partial charge on any atom is -0.381 e. The second-order valence-electron chi connectivity index (χ2n) is 4.67. The van der Waals surface area contributed by atoms with Gasteiger partial charge in [-0.2, -0.15) is 13.2 Å². The number of halogens is 3. The summed E-state index contributed by atoms with van der Waals surface area (Å²) in [6.45, 7) is 0.783. The molecule has 1 aliphatic heterocycles. The third-order valence-corrected chi connectivity index (χ3v) is 3.31. The zero-order valence-electron chi connectivity index (χ0n) is 10.2. The molecular formula is C13H14F3NO2. The molecule has 1 saturated heterocycles. The summed E-state index contributed by atoms with van der Waals surface area (Å²) in [5, 5.41) is 0. The third kappa shape index (κ3) is 2.96. The molecule has 1 fully saturated rings. The van der Waals surface area contributed by atoms with Crippen molar-refractivity contribution in [3.63, 3.8) is 0 Å². The Morgan fingerprint density at radius 3 is 2.16 bits per heavy atom. The molecule has 104 valence electrons. The van der Waals surface area contributed by atoms with E-state index in [0.29, 0.717) is 26.1 Å². The Kier molecular flexibility index (Phi) is 3.64. The molecule has 3 nitrogen and oxygen atoms in total. The van der Waals surface area contributed by atoms with Crippen LogP contribution in [0.15, 0.2) is 24.3 Å². The minimum absolute atomic E-state index is 0.206. The lowest BCUT2D eigenvalue weighted by Gasteiger charge is -2.31. The van der Waals surface area contributed by atoms with Crippen molar-refractivity contribution in [1.29, 1.82) is 0 Å². The summed E-state index contributed by atoms with van der Waals surface area (Å²) in [5.41, 5.74) is 4.41. The average Bonchev–Trinajstić information content (AvgIpc) is 2.38. The highest BCUT2D eigenvalue weighted by Gasteiger charge is 2.37. The third-order valence-electron chi connectivity index (χ3n) is 3.31. The van der Waals surface area contributed by atoms with Crippen LogP contribution in [0.1, 0.15) is 28.8 Å². The van der Waals surface area contributed by atoms with Crippen molar-refractivity contribution in [2.45, 2.75) is 24.6 Å². The lowest BCUT2D eigenvalue weighted by molar-refractivity contribution is -0.137. The fourth-order valence-electron chi connectivity index (χ4n) is 2.06. The maximum absolute atomic E-state index is 12.4. The van der Waals surface area contributed by atoms with Gasteiger partial charge < -0.3 is 10.5 Å². The number of ketones is 1. The number of rotatable bonds is 2. The molecule has 0 aromatic heterocycles. The molecule has 1 aliphatic rings. The molecule has 0 unspecified atom stereocenters. The topological polar surface area (TPSA) is 52.3 Å². The Morgan fingerprint density at radius 1 is 1.16 bits per heavy atom. The summed E-state index contributed by atoms with van der Waals surface area (Å²) in [6, 6.07) is 4.15. The number of benzene rings is 1. The van der Waals surface area contributed by atoms with Gasteiger partial charge in [-0.05, 0) is 25.0 Å². The quantitative estimate of drug-likeness (QED) is 0.842. The van der Waals surface area contributed by atoms with Gasteiger partial charge in [-0.3, -0.25) is 4.79 Å². The van der Waals surface area contributed by atoms with E-state index >= 15 is 0 Å². The van der Waals surface area contributed by atoms with Gasteiger partial charge in [0.1, 0.15) is 0 Å². The molecule has 0 radical (unpaired) electrons. The average molecular weight is 273 g/mol. The van der Waals surface area contributed by atoms with Gasteiger partial charge in [0.15, 0.2) is 5.78 Å². The number of ether oxygens (including phenoxy) is 1. The number of Topliss-reactive ketones (excluding diaryl/α,β-unsaturated/α-hetero) is 1. The molecule has 1 heterocycles. The highest BCUT2D eigenvalue weighted by Crippen LogP contribution is 2.30. The smallest absolute Gasteiger partial charge is 0.381 e. The highest BCUT2D eigenvalue weighted by atomic mass is 19.4. The first-order chi connectivity index (χ1) is 8.83. The second kappa shape index (κ2) is 4.94. The van der Waals surface area contributed by atoms with E-state index in [9.17, 15) is 18.0 Å². The minimum atomic E-state index is -4.40. The Labute approximate surface area is 108 Å². The van der Waals surface area contributed by atoms with E-state index in [1.165, 1.54) is 12.1 Å². The van der Waals surface area contributed by atoms with E-state index < -0.39 is 17.3 Å². The lowest BCUT2D eigenvalue weighted by Crippen LogP contribution is -2.51. The molecule has 0 spiro atoms. The van der Waals surface area contributed by atoms with Crippen LogP contribution >= 0.6 is 0 Å². The predicted octanol–water partition coefficient (Wildman–Crippen LogP) is 2.40. The van der Waals surface area contributed by atoms with Crippen molar-refractivity contribution in [3.05, 3.63) is 35.4 Å². The number of carbonyl (C=O) groups is 1. The number of hydrogen-bond acceptors (Lipinski definition) is 3. The van der Waals surface area contributed by atoms with E-state index in [2.05, 4.69) is 0 Å². The van der Waals surface area contributed by atoms with E-state index in [-0.39, 0.29) is 11.3 Å². The largest absolute Gasteiger partial charge is 0.416 e. The summed E-state index contributed by atoms with van der Waals surface area (Å²) < 4.78 is 42.4. The van der Waals surface area contributed by atoms with Crippen LogP contribution in [-0.4, -0.2) is 24.5 Å². The Bertz CT molecular complexity index is 462. The zero-order chi connectivity index (χ0) is 14.1. The van der Waals surface area contributed by atoms with E-state index in [4.69, 9.17) is 10.5 Å². The summed E-state index contributed by atoms with van der Waals surface area (Å²) in [6.07, 6.45) is -3.64. The molecule has 2 N–H and O–H groups in total. The monoisotopic (exact) mass is 273 g/mol. The van der Waals surface area contributed by atoms with Crippen molar-refractivity contribution in [3.8, 4) is 0 Å². The molecule has 1 aromatic carbocycles.